The smallest absolute Gasteiger partial charge is 0.234 e. The van der Waals surface area contributed by atoms with E-state index in [9.17, 15) is 0 Å². The van der Waals surface area contributed by atoms with Crippen LogP contribution >= 0.6 is 15.9 Å². The summed E-state index contributed by atoms with van der Waals surface area (Å²) < 4.78 is 11.6. The molecule has 1 fully saturated rings. The second-order valence-corrected chi connectivity index (χ2v) is 5.58. The van der Waals surface area contributed by atoms with E-state index in [0.717, 1.165) is 10.0 Å². The largest absolute Gasteiger partial charge is 0.379 e. The number of halogens is 1. The van der Waals surface area contributed by atoms with E-state index in [-0.39, 0.29) is 12.0 Å². The average Bonchev–Trinajstić information content (AvgIpc) is 3.01. The molecular weight excluding hydrogens is 310 g/mol. The maximum absolute atomic E-state index is 5.94. The normalized spacial score (nSPS) is 22.9. The highest BCUT2D eigenvalue weighted by Gasteiger charge is 2.31. The molecule has 3 rings (SSSR count). The second kappa shape index (κ2) is 5.03. The van der Waals surface area contributed by atoms with Crippen LogP contribution in [0.3, 0.4) is 0 Å². The number of aryl methyl sites for hydroxylation is 1. The zero-order valence-corrected chi connectivity index (χ0v) is 12.1. The van der Waals surface area contributed by atoms with Gasteiger partial charge in [0, 0.05) is 16.1 Å². The molecule has 2 N–H and O–H groups in total. The first kappa shape index (κ1) is 12.8. The fourth-order valence-electron chi connectivity index (χ4n) is 2.06. The molecule has 2 unspecified atom stereocenters. The van der Waals surface area contributed by atoms with Crippen LogP contribution in [0.2, 0.25) is 0 Å². The minimum atomic E-state index is -0.0712. The standard InChI is InChI=1S/C13H14BrN3O2/c1-7-2-3-8(4-10(7)14)12-16-13(19-17-12)9-5-18-6-11(9)15/h2-4,9,11H,5-6,15H2,1H3. The third-order valence-electron chi connectivity index (χ3n) is 3.31. The second-order valence-electron chi connectivity index (χ2n) is 4.73. The maximum atomic E-state index is 5.94. The van der Waals surface area contributed by atoms with E-state index in [1.807, 2.05) is 25.1 Å². The van der Waals surface area contributed by atoms with Crippen LogP contribution in [-0.2, 0) is 4.74 Å². The average molecular weight is 324 g/mol. The number of benzene rings is 1. The lowest BCUT2D eigenvalue weighted by atomic mass is 10.1. The van der Waals surface area contributed by atoms with Crippen LogP contribution in [0.15, 0.2) is 27.2 Å². The third-order valence-corrected chi connectivity index (χ3v) is 4.17. The van der Waals surface area contributed by atoms with Gasteiger partial charge in [-0.05, 0) is 18.6 Å². The van der Waals surface area contributed by atoms with Gasteiger partial charge in [0.1, 0.15) is 0 Å². The van der Waals surface area contributed by atoms with Crippen molar-refractivity contribution in [2.75, 3.05) is 13.2 Å². The van der Waals surface area contributed by atoms with Crippen LogP contribution < -0.4 is 5.73 Å². The molecule has 0 aliphatic carbocycles. The van der Waals surface area contributed by atoms with Gasteiger partial charge in [0.2, 0.25) is 11.7 Å². The fourth-order valence-corrected chi connectivity index (χ4v) is 2.44. The molecule has 1 aromatic carbocycles. The summed E-state index contributed by atoms with van der Waals surface area (Å²) in [5.41, 5.74) is 8.02. The van der Waals surface area contributed by atoms with Gasteiger partial charge in [0.05, 0.1) is 19.1 Å². The molecule has 19 heavy (non-hydrogen) atoms. The van der Waals surface area contributed by atoms with E-state index in [4.69, 9.17) is 15.0 Å². The summed E-state index contributed by atoms with van der Waals surface area (Å²) in [5.74, 6) is 1.13. The van der Waals surface area contributed by atoms with Crippen LogP contribution in [0.5, 0.6) is 0 Å². The van der Waals surface area contributed by atoms with Crippen LogP contribution in [0.1, 0.15) is 17.4 Å². The molecule has 1 aliphatic rings. The van der Waals surface area contributed by atoms with E-state index in [0.29, 0.717) is 24.9 Å². The molecule has 2 atom stereocenters. The minimum Gasteiger partial charge on any atom is -0.379 e. The number of rotatable bonds is 2. The van der Waals surface area contributed by atoms with Gasteiger partial charge < -0.3 is 15.0 Å². The highest BCUT2D eigenvalue weighted by Crippen LogP contribution is 2.27. The molecule has 0 amide bonds. The van der Waals surface area contributed by atoms with Crippen molar-refractivity contribution in [3.8, 4) is 11.4 Å². The van der Waals surface area contributed by atoms with Crippen molar-refractivity contribution in [3.63, 3.8) is 0 Å². The number of hydrogen-bond donors (Lipinski definition) is 1. The molecule has 2 heterocycles. The predicted octanol–water partition coefficient (Wildman–Crippen LogP) is 2.25. The third kappa shape index (κ3) is 2.43. The maximum Gasteiger partial charge on any atom is 0.234 e. The van der Waals surface area contributed by atoms with Crippen molar-refractivity contribution in [1.29, 1.82) is 0 Å². The summed E-state index contributed by atoms with van der Waals surface area (Å²) in [6.45, 7) is 3.11. The van der Waals surface area contributed by atoms with E-state index in [1.165, 1.54) is 5.56 Å². The molecule has 5 nitrogen and oxygen atoms in total. The molecule has 0 saturated carbocycles. The highest BCUT2D eigenvalue weighted by atomic mass is 79.9. The Kier molecular flexibility index (Phi) is 3.38. The Hall–Kier alpha value is -1.24. The highest BCUT2D eigenvalue weighted by molar-refractivity contribution is 9.10. The first-order chi connectivity index (χ1) is 9.15. The number of ether oxygens (including phenoxy) is 1. The molecule has 0 bridgehead atoms. The molecule has 100 valence electrons. The molecule has 6 heteroatoms. The Morgan fingerprint density at radius 1 is 1.37 bits per heavy atom. The van der Waals surface area contributed by atoms with Crippen molar-refractivity contribution < 1.29 is 9.26 Å². The zero-order valence-electron chi connectivity index (χ0n) is 10.5. The van der Waals surface area contributed by atoms with Gasteiger partial charge in [0.25, 0.3) is 0 Å². The fraction of sp³-hybridized carbons (Fsp3) is 0.385. The molecule has 1 aromatic heterocycles. The SMILES string of the molecule is Cc1ccc(-c2noc(C3COCC3N)n2)cc1Br. The summed E-state index contributed by atoms with van der Waals surface area (Å²) in [4.78, 5) is 4.43. The number of hydrogen-bond acceptors (Lipinski definition) is 5. The Balaban J connectivity index is 1.90. The number of nitrogens with two attached hydrogens (primary N) is 1. The van der Waals surface area contributed by atoms with Crippen molar-refractivity contribution in [1.82, 2.24) is 10.1 Å². The van der Waals surface area contributed by atoms with Gasteiger partial charge in [-0.25, -0.2) is 0 Å². The first-order valence-corrected chi connectivity index (χ1v) is 6.88. The van der Waals surface area contributed by atoms with Gasteiger partial charge in [-0.3, -0.25) is 0 Å². The molecule has 2 aromatic rings. The Morgan fingerprint density at radius 2 is 2.21 bits per heavy atom. The van der Waals surface area contributed by atoms with Crippen LogP contribution in [0.4, 0.5) is 0 Å². The van der Waals surface area contributed by atoms with E-state index < -0.39 is 0 Å². The van der Waals surface area contributed by atoms with Gasteiger partial charge in [-0.2, -0.15) is 4.98 Å². The molecule has 0 radical (unpaired) electrons. The van der Waals surface area contributed by atoms with Crippen LogP contribution in [0, 0.1) is 6.92 Å². The van der Waals surface area contributed by atoms with E-state index >= 15 is 0 Å². The zero-order chi connectivity index (χ0) is 13.4. The van der Waals surface area contributed by atoms with Crippen LogP contribution in [-0.4, -0.2) is 29.4 Å². The lowest BCUT2D eigenvalue weighted by Gasteiger charge is -2.06. The van der Waals surface area contributed by atoms with Crippen LogP contribution in [0.25, 0.3) is 11.4 Å². The van der Waals surface area contributed by atoms with E-state index in [2.05, 4.69) is 26.1 Å². The summed E-state index contributed by atoms with van der Waals surface area (Å²) in [7, 11) is 0. The van der Waals surface area contributed by atoms with Gasteiger partial charge in [0.15, 0.2) is 0 Å². The molecular formula is C13H14BrN3O2. The number of nitrogens with zero attached hydrogens (tertiary/aromatic N) is 2. The molecule has 0 spiro atoms. The Morgan fingerprint density at radius 3 is 2.89 bits per heavy atom. The van der Waals surface area contributed by atoms with Crippen molar-refractivity contribution in [2.45, 2.75) is 18.9 Å². The van der Waals surface area contributed by atoms with Crippen molar-refractivity contribution >= 4 is 15.9 Å². The summed E-state index contributed by atoms with van der Waals surface area (Å²) >= 11 is 3.50. The lowest BCUT2D eigenvalue weighted by Crippen LogP contribution is -2.26. The van der Waals surface area contributed by atoms with E-state index in [1.54, 1.807) is 0 Å². The predicted molar refractivity (Wildman–Crippen MR) is 73.7 cm³/mol. The van der Waals surface area contributed by atoms with Gasteiger partial charge >= 0.3 is 0 Å². The monoisotopic (exact) mass is 323 g/mol. The van der Waals surface area contributed by atoms with Gasteiger partial charge in [-0.1, -0.05) is 33.2 Å². The minimum absolute atomic E-state index is 0.00450. The topological polar surface area (TPSA) is 74.2 Å². The quantitative estimate of drug-likeness (QED) is 0.917. The first-order valence-electron chi connectivity index (χ1n) is 6.08. The van der Waals surface area contributed by atoms with Gasteiger partial charge in [-0.15, -0.1) is 0 Å². The summed E-state index contributed by atoms with van der Waals surface area (Å²) in [6, 6.07) is 5.90. The summed E-state index contributed by atoms with van der Waals surface area (Å²) in [5, 5.41) is 4.02. The van der Waals surface area contributed by atoms with Crippen molar-refractivity contribution in [2.24, 2.45) is 5.73 Å². The summed E-state index contributed by atoms with van der Waals surface area (Å²) in [6.07, 6.45) is 0. The Labute approximate surface area is 119 Å². The lowest BCUT2D eigenvalue weighted by molar-refractivity contribution is 0.187. The Bertz CT molecular complexity index is 599. The van der Waals surface area contributed by atoms with Crippen molar-refractivity contribution in [3.05, 3.63) is 34.1 Å². The number of aromatic nitrogens is 2. The molecule has 1 aliphatic heterocycles. The molecule has 1 saturated heterocycles.